The van der Waals surface area contributed by atoms with Crippen LogP contribution in [0.1, 0.15) is 26.3 Å². The number of hydrogen-bond acceptors (Lipinski definition) is 4. The molecule has 0 saturated heterocycles. The molecular formula is C16H18Cl2N2O4. The summed E-state index contributed by atoms with van der Waals surface area (Å²) in [6.07, 6.45) is 1.51. The van der Waals surface area contributed by atoms with Crippen LogP contribution in [-0.2, 0) is 14.3 Å². The number of nitrogens with one attached hydrogen (secondary N) is 2. The van der Waals surface area contributed by atoms with E-state index < -0.39 is 24.0 Å². The van der Waals surface area contributed by atoms with E-state index in [-0.39, 0.29) is 6.04 Å². The topological polar surface area (TPSA) is 84.5 Å². The maximum atomic E-state index is 11.7. The number of carbonyl (C=O) groups is 3. The fourth-order valence-electron chi connectivity index (χ4n) is 1.56. The third kappa shape index (κ3) is 7.02. The van der Waals surface area contributed by atoms with E-state index in [4.69, 9.17) is 27.9 Å². The zero-order valence-corrected chi connectivity index (χ0v) is 14.9. The number of hydrogen-bond donors (Lipinski definition) is 2. The number of rotatable bonds is 5. The van der Waals surface area contributed by atoms with Gasteiger partial charge in [0.1, 0.15) is 0 Å². The highest BCUT2D eigenvalue weighted by molar-refractivity contribution is 6.42. The molecule has 0 aromatic heterocycles. The summed E-state index contributed by atoms with van der Waals surface area (Å²) in [6, 6.07) is 4.08. The Balaban J connectivity index is 2.54. The van der Waals surface area contributed by atoms with Crippen LogP contribution in [0.25, 0.3) is 6.08 Å². The summed E-state index contributed by atoms with van der Waals surface area (Å²) in [6.45, 7) is 4.87. The maximum Gasteiger partial charge on any atom is 0.331 e. The molecule has 1 rings (SSSR count). The first-order valence-electron chi connectivity index (χ1n) is 7.14. The van der Waals surface area contributed by atoms with Gasteiger partial charge in [0.2, 0.25) is 0 Å². The highest BCUT2D eigenvalue weighted by Crippen LogP contribution is 2.23. The summed E-state index contributed by atoms with van der Waals surface area (Å²) in [5.74, 6) is -1.45. The Labute approximate surface area is 150 Å². The second kappa shape index (κ2) is 9.30. The number of urea groups is 1. The van der Waals surface area contributed by atoms with Gasteiger partial charge in [-0.3, -0.25) is 10.1 Å². The monoisotopic (exact) mass is 372 g/mol. The van der Waals surface area contributed by atoms with Crippen LogP contribution in [0.4, 0.5) is 4.79 Å². The standard InChI is InChI=1S/C16H18Cl2N2O4/c1-9(2)19-16(23)20-15(22)10(3)24-14(21)7-5-11-4-6-12(17)13(18)8-11/h4-10H,1-3H3,(H2,19,20,22,23)/b7-5+/t10-/m0/s1. The Hall–Kier alpha value is -2.05. The van der Waals surface area contributed by atoms with E-state index in [1.807, 2.05) is 0 Å². The van der Waals surface area contributed by atoms with Gasteiger partial charge >= 0.3 is 12.0 Å². The van der Waals surface area contributed by atoms with Gasteiger partial charge in [-0.15, -0.1) is 0 Å². The first-order chi connectivity index (χ1) is 11.2. The van der Waals surface area contributed by atoms with Crippen LogP contribution in [0.3, 0.4) is 0 Å². The zero-order valence-electron chi connectivity index (χ0n) is 13.4. The lowest BCUT2D eigenvalue weighted by Gasteiger charge is -2.13. The number of imide groups is 1. The van der Waals surface area contributed by atoms with Crippen LogP contribution in [-0.4, -0.2) is 30.1 Å². The van der Waals surface area contributed by atoms with Crippen molar-refractivity contribution < 1.29 is 19.1 Å². The number of ether oxygens (including phenoxy) is 1. The van der Waals surface area contributed by atoms with Gasteiger partial charge in [-0.1, -0.05) is 29.3 Å². The summed E-state index contributed by atoms with van der Waals surface area (Å²) in [7, 11) is 0. The van der Waals surface area contributed by atoms with Crippen LogP contribution in [0.15, 0.2) is 24.3 Å². The van der Waals surface area contributed by atoms with Crippen molar-refractivity contribution in [3.05, 3.63) is 39.9 Å². The molecule has 8 heteroatoms. The molecule has 0 unspecified atom stereocenters. The van der Waals surface area contributed by atoms with Gasteiger partial charge in [0, 0.05) is 12.1 Å². The van der Waals surface area contributed by atoms with Gasteiger partial charge in [-0.2, -0.15) is 0 Å². The summed E-state index contributed by atoms with van der Waals surface area (Å²) < 4.78 is 4.92. The fourth-order valence-corrected chi connectivity index (χ4v) is 1.87. The Bertz CT molecular complexity index is 659. The predicted molar refractivity (Wildman–Crippen MR) is 92.9 cm³/mol. The summed E-state index contributed by atoms with van der Waals surface area (Å²) in [5, 5.41) is 5.33. The molecule has 0 fully saturated rings. The number of amides is 3. The molecule has 1 aromatic carbocycles. The molecule has 0 aliphatic heterocycles. The molecule has 24 heavy (non-hydrogen) atoms. The van der Waals surface area contributed by atoms with E-state index >= 15 is 0 Å². The molecule has 0 aliphatic carbocycles. The third-order valence-corrected chi connectivity index (χ3v) is 3.41. The number of carbonyl (C=O) groups excluding carboxylic acids is 3. The molecule has 130 valence electrons. The molecule has 1 atom stereocenters. The van der Waals surface area contributed by atoms with Crippen LogP contribution in [0, 0.1) is 0 Å². The Morgan fingerprint density at radius 3 is 2.38 bits per heavy atom. The van der Waals surface area contributed by atoms with E-state index in [2.05, 4.69) is 10.6 Å². The molecule has 0 saturated carbocycles. The van der Waals surface area contributed by atoms with Crippen molar-refractivity contribution in [3.63, 3.8) is 0 Å². The predicted octanol–water partition coefficient (Wildman–Crippen LogP) is 3.17. The van der Waals surface area contributed by atoms with Crippen molar-refractivity contribution in [1.82, 2.24) is 10.6 Å². The zero-order chi connectivity index (χ0) is 18.3. The van der Waals surface area contributed by atoms with Crippen molar-refractivity contribution in [1.29, 1.82) is 0 Å². The molecule has 0 heterocycles. The second-order valence-electron chi connectivity index (χ2n) is 5.20. The van der Waals surface area contributed by atoms with E-state index in [1.54, 1.807) is 32.0 Å². The number of esters is 1. The SMILES string of the molecule is CC(C)NC(=O)NC(=O)[C@H](C)OC(=O)/C=C/c1ccc(Cl)c(Cl)c1. The average Bonchev–Trinajstić information content (AvgIpc) is 2.47. The molecular weight excluding hydrogens is 355 g/mol. The highest BCUT2D eigenvalue weighted by atomic mass is 35.5. The van der Waals surface area contributed by atoms with E-state index in [1.165, 1.54) is 13.0 Å². The average molecular weight is 373 g/mol. The normalized spacial score (nSPS) is 12.1. The maximum absolute atomic E-state index is 11.7. The quantitative estimate of drug-likeness (QED) is 0.613. The first-order valence-corrected chi connectivity index (χ1v) is 7.89. The minimum absolute atomic E-state index is 0.121. The third-order valence-electron chi connectivity index (χ3n) is 2.67. The molecule has 0 radical (unpaired) electrons. The molecule has 2 N–H and O–H groups in total. The van der Waals surface area contributed by atoms with Crippen LogP contribution in [0.2, 0.25) is 10.0 Å². The van der Waals surface area contributed by atoms with Gasteiger partial charge in [0.15, 0.2) is 6.10 Å². The van der Waals surface area contributed by atoms with E-state index in [9.17, 15) is 14.4 Å². The van der Waals surface area contributed by atoms with Crippen molar-refractivity contribution in [2.45, 2.75) is 32.9 Å². The molecule has 0 bridgehead atoms. The van der Waals surface area contributed by atoms with E-state index in [0.717, 1.165) is 6.08 Å². The van der Waals surface area contributed by atoms with Gasteiger partial charge < -0.3 is 10.1 Å². The van der Waals surface area contributed by atoms with Crippen LogP contribution >= 0.6 is 23.2 Å². The van der Waals surface area contributed by atoms with Crippen molar-refractivity contribution in [2.75, 3.05) is 0 Å². The minimum atomic E-state index is -1.12. The molecule has 1 aromatic rings. The molecule has 6 nitrogen and oxygen atoms in total. The summed E-state index contributed by atoms with van der Waals surface area (Å²) in [5.41, 5.74) is 0.648. The second-order valence-corrected chi connectivity index (χ2v) is 6.02. The lowest BCUT2D eigenvalue weighted by atomic mass is 10.2. The molecule has 3 amide bonds. The van der Waals surface area contributed by atoms with Crippen molar-refractivity contribution in [2.24, 2.45) is 0 Å². The van der Waals surface area contributed by atoms with Crippen molar-refractivity contribution >= 4 is 47.2 Å². The summed E-state index contributed by atoms with van der Waals surface area (Å²) >= 11 is 11.7. The van der Waals surface area contributed by atoms with E-state index in [0.29, 0.717) is 15.6 Å². The largest absolute Gasteiger partial charge is 0.449 e. The van der Waals surface area contributed by atoms with Gasteiger partial charge in [0.05, 0.1) is 10.0 Å². The van der Waals surface area contributed by atoms with Gasteiger partial charge in [0.25, 0.3) is 5.91 Å². The molecule has 0 spiro atoms. The Morgan fingerprint density at radius 1 is 1.12 bits per heavy atom. The van der Waals surface area contributed by atoms with Gasteiger partial charge in [-0.05, 0) is 44.5 Å². The highest BCUT2D eigenvalue weighted by Gasteiger charge is 2.19. The minimum Gasteiger partial charge on any atom is -0.449 e. The summed E-state index contributed by atoms with van der Waals surface area (Å²) in [4.78, 5) is 34.8. The lowest BCUT2D eigenvalue weighted by molar-refractivity contribution is -0.149. The van der Waals surface area contributed by atoms with Gasteiger partial charge in [-0.25, -0.2) is 9.59 Å². The number of benzene rings is 1. The van der Waals surface area contributed by atoms with Crippen molar-refractivity contribution in [3.8, 4) is 0 Å². The molecule has 0 aliphatic rings. The fraction of sp³-hybridized carbons (Fsp3) is 0.312. The Morgan fingerprint density at radius 2 is 1.79 bits per heavy atom. The Kier molecular flexibility index (Phi) is 7.74. The first kappa shape index (κ1) is 20.0. The smallest absolute Gasteiger partial charge is 0.331 e. The van der Waals surface area contributed by atoms with Crippen LogP contribution < -0.4 is 10.6 Å². The van der Waals surface area contributed by atoms with Crippen LogP contribution in [0.5, 0.6) is 0 Å². The lowest BCUT2D eigenvalue weighted by Crippen LogP contribution is -2.46. The number of halogens is 2.